The number of nitrogens with one attached hydrogen (secondary N) is 1. The molecule has 0 bridgehead atoms. The molecule has 25 heavy (non-hydrogen) atoms. The fourth-order valence-electron chi connectivity index (χ4n) is 3.99. The average molecular weight is 343 g/mol. The van der Waals surface area contributed by atoms with Gasteiger partial charge in [0.1, 0.15) is 5.75 Å². The van der Waals surface area contributed by atoms with E-state index in [2.05, 4.69) is 15.5 Å². The summed E-state index contributed by atoms with van der Waals surface area (Å²) in [5.74, 6) is 1.99. The molecule has 0 radical (unpaired) electrons. The highest BCUT2D eigenvalue weighted by atomic mass is 16.5. The van der Waals surface area contributed by atoms with Crippen molar-refractivity contribution < 1.29 is 18.8 Å². The fourth-order valence-corrected chi connectivity index (χ4v) is 3.99. The normalized spacial score (nSPS) is 24.9. The summed E-state index contributed by atoms with van der Waals surface area (Å²) in [5, 5.41) is 7.52. The molecule has 1 aliphatic carbocycles. The zero-order chi connectivity index (χ0) is 17.3. The van der Waals surface area contributed by atoms with Gasteiger partial charge in [-0.05, 0) is 43.5 Å². The van der Waals surface area contributed by atoms with E-state index in [0.29, 0.717) is 23.1 Å². The maximum absolute atomic E-state index is 11.6. The molecule has 4 rings (SSSR count). The van der Waals surface area contributed by atoms with E-state index in [4.69, 9.17) is 14.0 Å². The molecule has 2 aliphatic rings. The minimum absolute atomic E-state index is 0.00392. The van der Waals surface area contributed by atoms with E-state index in [0.717, 1.165) is 25.4 Å². The van der Waals surface area contributed by atoms with Gasteiger partial charge in [0.15, 0.2) is 6.61 Å². The van der Waals surface area contributed by atoms with E-state index in [9.17, 15) is 4.79 Å². The van der Waals surface area contributed by atoms with E-state index in [1.807, 2.05) is 0 Å². The Morgan fingerprint density at radius 3 is 3.28 bits per heavy atom. The summed E-state index contributed by atoms with van der Waals surface area (Å²) in [6.45, 7) is 2.12. The molecule has 1 aromatic carbocycles. The smallest absolute Gasteiger partial charge is 0.337 e. The summed E-state index contributed by atoms with van der Waals surface area (Å²) in [7, 11) is 1.35. The maximum Gasteiger partial charge on any atom is 0.337 e. The molecular formula is C18H21N3O4. The molecule has 2 aromatic rings. The summed E-state index contributed by atoms with van der Waals surface area (Å²) >= 11 is 0. The molecule has 2 fully saturated rings. The van der Waals surface area contributed by atoms with Gasteiger partial charge in [-0.3, -0.25) is 0 Å². The molecule has 1 aromatic heterocycles. The van der Waals surface area contributed by atoms with E-state index in [1.165, 1.54) is 20.0 Å². The van der Waals surface area contributed by atoms with Gasteiger partial charge in [0, 0.05) is 6.54 Å². The summed E-state index contributed by atoms with van der Waals surface area (Å²) in [6.07, 6.45) is 3.51. The molecule has 2 atom stereocenters. The molecule has 0 spiro atoms. The molecule has 0 unspecified atom stereocenters. The van der Waals surface area contributed by atoms with Crippen molar-refractivity contribution in [3.63, 3.8) is 0 Å². The van der Waals surface area contributed by atoms with Crippen LogP contribution in [0.1, 0.15) is 41.3 Å². The highest BCUT2D eigenvalue weighted by Gasteiger charge is 2.51. The van der Waals surface area contributed by atoms with Gasteiger partial charge in [-0.2, -0.15) is 4.98 Å². The molecule has 0 amide bonds. The molecule has 2 heterocycles. The number of methoxy groups -OCH3 is 1. The number of esters is 1. The van der Waals surface area contributed by atoms with Gasteiger partial charge in [-0.1, -0.05) is 17.6 Å². The molecule has 7 nitrogen and oxygen atoms in total. The van der Waals surface area contributed by atoms with Crippen LogP contribution in [0.25, 0.3) is 0 Å². The first-order chi connectivity index (χ1) is 12.2. The Balaban J connectivity index is 1.45. The molecule has 132 valence electrons. The summed E-state index contributed by atoms with van der Waals surface area (Å²) in [4.78, 5) is 16.2. The van der Waals surface area contributed by atoms with Crippen LogP contribution in [0, 0.1) is 5.92 Å². The van der Waals surface area contributed by atoms with Crippen LogP contribution in [0.5, 0.6) is 5.75 Å². The third-order valence-corrected chi connectivity index (χ3v) is 5.31. The highest BCUT2D eigenvalue weighted by Crippen LogP contribution is 2.47. The minimum atomic E-state index is -0.396. The average Bonchev–Trinajstić information content (AvgIpc) is 3.34. The lowest BCUT2D eigenvalue weighted by atomic mass is 9.80. The highest BCUT2D eigenvalue weighted by molar-refractivity contribution is 5.89. The van der Waals surface area contributed by atoms with E-state index in [1.54, 1.807) is 24.3 Å². The van der Waals surface area contributed by atoms with Crippen molar-refractivity contribution >= 4 is 5.97 Å². The lowest BCUT2D eigenvalue weighted by Gasteiger charge is -2.22. The number of carbonyl (C=O) groups excluding carboxylic acids is 1. The number of carbonyl (C=O) groups is 1. The van der Waals surface area contributed by atoms with Crippen molar-refractivity contribution in [3.05, 3.63) is 41.5 Å². The number of hydrogen-bond donors (Lipinski definition) is 1. The largest absolute Gasteiger partial charge is 0.485 e. The quantitative estimate of drug-likeness (QED) is 0.832. The van der Waals surface area contributed by atoms with Crippen LogP contribution >= 0.6 is 0 Å². The van der Waals surface area contributed by atoms with E-state index in [-0.39, 0.29) is 12.0 Å². The first-order valence-electron chi connectivity index (χ1n) is 8.56. The van der Waals surface area contributed by atoms with Crippen LogP contribution in [0.2, 0.25) is 0 Å². The Bertz CT molecular complexity index is 763. The molecule has 1 saturated heterocycles. The third kappa shape index (κ3) is 2.89. The van der Waals surface area contributed by atoms with Gasteiger partial charge >= 0.3 is 5.97 Å². The van der Waals surface area contributed by atoms with Crippen molar-refractivity contribution in [2.75, 3.05) is 20.2 Å². The van der Waals surface area contributed by atoms with Crippen LogP contribution < -0.4 is 10.1 Å². The Labute approximate surface area is 145 Å². The van der Waals surface area contributed by atoms with Crippen LogP contribution in [0.15, 0.2) is 28.8 Å². The second-order valence-electron chi connectivity index (χ2n) is 6.70. The van der Waals surface area contributed by atoms with E-state index < -0.39 is 5.97 Å². The number of benzene rings is 1. The Kier molecular flexibility index (Phi) is 4.17. The Hall–Kier alpha value is -2.41. The lowest BCUT2D eigenvalue weighted by molar-refractivity contribution is 0.0600. The molecule has 1 N–H and O–H groups in total. The number of ether oxygens (including phenoxy) is 2. The number of aromatic nitrogens is 2. The summed E-state index contributed by atoms with van der Waals surface area (Å²) < 4.78 is 16.0. The zero-order valence-corrected chi connectivity index (χ0v) is 14.2. The number of hydrogen-bond acceptors (Lipinski definition) is 7. The van der Waals surface area contributed by atoms with Crippen molar-refractivity contribution in [2.45, 2.75) is 31.3 Å². The fraction of sp³-hybridized carbons (Fsp3) is 0.500. The van der Waals surface area contributed by atoms with Crippen LogP contribution in [0.3, 0.4) is 0 Å². The Morgan fingerprint density at radius 2 is 2.40 bits per heavy atom. The van der Waals surface area contributed by atoms with Crippen molar-refractivity contribution in [1.29, 1.82) is 0 Å². The third-order valence-electron chi connectivity index (χ3n) is 5.31. The summed E-state index contributed by atoms with van der Waals surface area (Å²) in [6, 6.07) is 6.84. The van der Waals surface area contributed by atoms with Crippen molar-refractivity contribution in [2.24, 2.45) is 5.92 Å². The summed E-state index contributed by atoms with van der Waals surface area (Å²) in [5.41, 5.74) is 0.439. The standard InChI is InChI=1S/C18H21N3O4/c1-23-16(22)12-4-2-6-14(8-12)24-10-15-20-17(25-21-15)18-7-3-5-13(18)9-19-11-18/h2,4,6,8,13,19H,3,5,7,9-11H2,1H3/t13-,18-/m1/s1. The van der Waals surface area contributed by atoms with Gasteiger partial charge in [0.05, 0.1) is 18.1 Å². The number of nitrogens with zero attached hydrogens (tertiary/aromatic N) is 2. The first-order valence-corrected chi connectivity index (χ1v) is 8.56. The predicted octanol–water partition coefficient (Wildman–Crippen LogP) is 2.08. The second-order valence-corrected chi connectivity index (χ2v) is 6.70. The minimum Gasteiger partial charge on any atom is -0.485 e. The first kappa shape index (κ1) is 16.1. The second kappa shape index (κ2) is 6.48. The van der Waals surface area contributed by atoms with Gasteiger partial charge in [0.2, 0.25) is 11.7 Å². The molecule has 1 aliphatic heterocycles. The van der Waals surface area contributed by atoms with Gasteiger partial charge < -0.3 is 19.3 Å². The Morgan fingerprint density at radius 1 is 1.48 bits per heavy atom. The SMILES string of the molecule is COC(=O)c1cccc(OCc2noc([C@@]34CCC[C@@H]3CNC4)n2)c1. The van der Waals surface area contributed by atoms with Gasteiger partial charge in [0.25, 0.3) is 0 Å². The monoisotopic (exact) mass is 343 g/mol. The van der Waals surface area contributed by atoms with Crippen LogP contribution in [-0.4, -0.2) is 36.3 Å². The van der Waals surface area contributed by atoms with Gasteiger partial charge in [-0.25, -0.2) is 4.79 Å². The maximum atomic E-state index is 11.6. The van der Waals surface area contributed by atoms with Crippen LogP contribution in [0.4, 0.5) is 0 Å². The van der Waals surface area contributed by atoms with Crippen molar-refractivity contribution in [1.82, 2.24) is 15.5 Å². The molecule has 7 heteroatoms. The molecular weight excluding hydrogens is 322 g/mol. The number of fused-ring (bicyclic) bond motifs is 1. The molecule has 1 saturated carbocycles. The zero-order valence-electron chi connectivity index (χ0n) is 14.2. The van der Waals surface area contributed by atoms with E-state index >= 15 is 0 Å². The van der Waals surface area contributed by atoms with Crippen LogP contribution in [-0.2, 0) is 16.8 Å². The van der Waals surface area contributed by atoms with Gasteiger partial charge in [-0.15, -0.1) is 0 Å². The lowest BCUT2D eigenvalue weighted by Crippen LogP contribution is -2.31. The predicted molar refractivity (Wildman–Crippen MR) is 88.3 cm³/mol. The van der Waals surface area contributed by atoms with Crippen molar-refractivity contribution in [3.8, 4) is 5.75 Å². The topological polar surface area (TPSA) is 86.5 Å². The number of rotatable bonds is 5.